The van der Waals surface area contributed by atoms with Crippen LogP contribution in [0.1, 0.15) is 49.6 Å². The van der Waals surface area contributed by atoms with E-state index in [1.165, 1.54) is 35.4 Å². The molecule has 0 bridgehead atoms. The molecule has 1 heterocycles. The number of alkyl halides is 3. The van der Waals surface area contributed by atoms with Gasteiger partial charge in [-0.3, -0.25) is 0 Å². The van der Waals surface area contributed by atoms with Gasteiger partial charge < -0.3 is 5.32 Å². The number of halogens is 4. The molecule has 1 N–H and O–H groups in total. The van der Waals surface area contributed by atoms with E-state index in [4.69, 9.17) is 0 Å². The highest BCUT2D eigenvalue weighted by Gasteiger charge is 2.43. The van der Waals surface area contributed by atoms with Crippen LogP contribution in [-0.4, -0.2) is 23.4 Å². The Bertz CT molecular complexity index is 1360. The monoisotopic (exact) mass is 537 g/mol. The Morgan fingerprint density at radius 2 is 1.82 bits per heavy atom. The number of nitrogens with zero attached hydrogens (tertiary/aromatic N) is 2. The van der Waals surface area contributed by atoms with Crippen LogP contribution < -0.4 is 5.32 Å². The summed E-state index contributed by atoms with van der Waals surface area (Å²) in [7, 11) is 1.91. The van der Waals surface area contributed by atoms with Crippen molar-refractivity contribution in [3.63, 3.8) is 0 Å². The first-order valence-corrected chi connectivity index (χ1v) is 13.2. The minimum absolute atomic E-state index is 0.0985. The van der Waals surface area contributed by atoms with E-state index in [1.807, 2.05) is 37.0 Å². The molecular formula is C32H35F4N3. The smallest absolute Gasteiger partial charge is 0.319 e. The summed E-state index contributed by atoms with van der Waals surface area (Å²) in [4.78, 5) is 0. The summed E-state index contributed by atoms with van der Waals surface area (Å²) in [5, 5.41) is 7.92. The van der Waals surface area contributed by atoms with Crippen molar-refractivity contribution >= 4 is 6.08 Å². The van der Waals surface area contributed by atoms with E-state index in [-0.39, 0.29) is 17.2 Å². The molecule has 0 radical (unpaired) electrons. The second-order valence-corrected chi connectivity index (χ2v) is 10.3. The van der Waals surface area contributed by atoms with Gasteiger partial charge in [0.1, 0.15) is 5.82 Å². The molecule has 0 spiro atoms. The predicted molar refractivity (Wildman–Crippen MR) is 149 cm³/mol. The molecule has 0 aliphatic heterocycles. The number of allylic oxidation sites excluding steroid dienone is 4. The molecule has 2 atom stereocenters. The topological polar surface area (TPSA) is 29.9 Å². The van der Waals surface area contributed by atoms with E-state index in [9.17, 15) is 17.6 Å². The van der Waals surface area contributed by atoms with Crippen molar-refractivity contribution in [3.05, 3.63) is 112 Å². The van der Waals surface area contributed by atoms with E-state index in [0.29, 0.717) is 12.8 Å². The fourth-order valence-corrected chi connectivity index (χ4v) is 5.58. The Hall–Kier alpha value is -3.45. The van der Waals surface area contributed by atoms with Gasteiger partial charge >= 0.3 is 6.18 Å². The van der Waals surface area contributed by atoms with Crippen molar-refractivity contribution < 1.29 is 17.6 Å². The molecule has 206 valence electrons. The van der Waals surface area contributed by atoms with E-state index in [0.717, 1.165) is 35.5 Å². The van der Waals surface area contributed by atoms with Crippen molar-refractivity contribution in [2.75, 3.05) is 13.6 Å². The van der Waals surface area contributed by atoms with E-state index in [2.05, 4.69) is 36.4 Å². The predicted octanol–water partition coefficient (Wildman–Crippen LogP) is 7.97. The van der Waals surface area contributed by atoms with Crippen LogP contribution in [-0.2, 0) is 19.0 Å². The highest BCUT2D eigenvalue weighted by Crippen LogP contribution is 2.50. The van der Waals surface area contributed by atoms with Crippen molar-refractivity contribution in [3.8, 4) is 5.69 Å². The summed E-state index contributed by atoms with van der Waals surface area (Å²) in [5.74, 6) is -0.209. The van der Waals surface area contributed by atoms with Gasteiger partial charge in [-0.25, -0.2) is 9.07 Å². The number of hydrogen-bond donors (Lipinski definition) is 1. The SMILES string of the molecule is C/C=C\C=C(/C)C(C)C1(Cc2ccc(C(F)(F)F)cc2)Cc2cnn(-c3ccc(F)cc3)c2C=C1CCNC. The van der Waals surface area contributed by atoms with Gasteiger partial charge in [-0.1, -0.05) is 48.4 Å². The highest BCUT2D eigenvalue weighted by molar-refractivity contribution is 5.62. The molecule has 3 aromatic rings. The third kappa shape index (κ3) is 6.09. The van der Waals surface area contributed by atoms with Crippen LogP contribution in [0.4, 0.5) is 17.6 Å². The second-order valence-electron chi connectivity index (χ2n) is 10.3. The maximum atomic E-state index is 13.6. The Kier molecular flexibility index (Phi) is 8.60. The Morgan fingerprint density at radius 1 is 1.13 bits per heavy atom. The fourth-order valence-electron chi connectivity index (χ4n) is 5.58. The van der Waals surface area contributed by atoms with Crippen LogP contribution in [0.25, 0.3) is 11.8 Å². The maximum Gasteiger partial charge on any atom is 0.416 e. The average molecular weight is 538 g/mol. The normalized spacial score (nSPS) is 18.8. The number of benzene rings is 2. The molecule has 0 saturated carbocycles. The standard InChI is InChI=1S/C32H35F4N3/c1-5-6-7-22(2)23(3)31(19-24-8-10-26(11-9-24)32(34,35)36)20-25-21-38-39(29-14-12-28(33)13-15-29)30(25)18-27(31)16-17-37-4/h5-15,18,21,23,37H,16-17,19-20H2,1-4H3/b6-5-,22-7+. The second kappa shape index (κ2) is 11.7. The van der Waals surface area contributed by atoms with Gasteiger partial charge in [0.05, 0.1) is 23.1 Å². The van der Waals surface area contributed by atoms with Gasteiger partial charge in [0, 0.05) is 5.41 Å². The zero-order valence-corrected chi connectivity index (χ0v) is 22.8. The summed E-state index contributed by atoms with van der Waals surface area (Å²) in [6.45, 7) is 7.06. The van der Waals surface area contributed by atoms with Crippen LogP contribution in [0.15, 0.2) is 84.1 Å². The molecule has 1 aromatic heterocycles. The Morgan fingerprint density at radius 3 is 2.44 bits per heavy atom. The summed E-state index contributed by atoms with van der Waals surface area (Å²) in [6.07, 6.45) is 7.85. The quantitative estimate of drug-likeness (QED) is 0.222. The third-order valence-electron chi connectivity index (χ3n) is 7.92. The molecule has 7 heteroatoms. The van der Waals surface area contributed by atoms with Gasteiger partial charge in [0.2, 0.25) is 0 Å². The zero-order valence-electron chi connectivity index (χ0n) is 22.8. The highest BCUT2D eigenvalue weighted by atomic mass is 19.4. The molecular weight excluding hydrogens is 502 g/mol. The van der Waals surface area contributed by atoms with Crippen molar-refractivity contribution in [1.29, 1.82) is 0 Å². The maximum absolute atomic E-state index is 13.6. The minimum Gasteiger partial charge on any atom is -0.319 e. The number of fused-ring (bicyclic) bond motifs is 1. The third-order valence-corrected chi connectivity index (χ3v) is 7.92. The molecule has 4 rings (SSSR count). The van der Waals surface area contributed by atoms with Gasteiger partial charge in [0.15, 0.2) is 0 Å². The van der Waals surface area contributed by atoms with E-state index < -0.39 is 11.7 Å². The van der Waals surface area contributed by atoms with E-state index >= 15 is 0 Å². The lowest BCUT2D eigenvalue weighted by atomic mass is 9.59. The number of nitrogens with one attached hydrogen (secondary N) is 1. The lowest BCUT2D eigenvalue weighted by molar-refractivity contribution is -0.137. The molecule has 0 fully saturated rings. The van der Waals surface area contributed by atoms with Gasteiger partial charge in [-0.2, -0.15) is 18.3 Å². The summed E-state index contributed by atoms with van der Waals surface area (Å²) in [6, 6.07) is 11.8. The summed E-state index contributed by atoms with van der Waals surface area (Å²) < 4.78 is 55.3. The van der Waals surface area contributed by atoms with Gasteiger partial charge in [-0.05, 0) is 106 Å². The largest absolute Gasteiger partial charge is 0.416 e. The molecule has 0 amide bonds. The lowest BCUT2D eigenvalue weighted by Crippen LogP contribution is -2.39. The molecule has 39 heavy (non-hydrogen) atoms. The fraction of sp³-hybridized carbons (Fsp3) is 0.344. The molecule has 1 aliphatic carbocycles. The molecule has 1 aliphatic rings. The van der Waals surface area contributed by atoms with Crippen LogP contribution in [0.5, 0.6) is 0 Å². The van der Waals surface area contributed by atoms with Crippen molar-refractivity contribution in [2.45, 2.75) is 46.2 Å². The van der Waals surface area contributed by atoms with Crippen molar-refractivity contribution in [1.82, 2.24) is 15.1 Å². The Labute approximate surface area is 227 Å². The molecule has 2 aromatic carbocycles. The van der Waals surface area contributed by atoms with Crippen LogP contribution >= 0.6 is 0 Å². The first kappa shape index (κ1) is 28.6. The van der Waals surface area contributed by atoms with Crippen LogP contribution in [0.2, 0.25) is 0 Å². The van der Waals surface area contributed by atoms with Crippen LogP contribution in [0.3, 0.4) is 0 Å². The van der Waals surface area contributed by atoms with Crippen LogP contribution in [0, 0.1) is 17.2 Å². The van der Waals surface area contributed by atoms with Gasteiger partial charge in [0.25, 0.3) is 0 Å². The zero-order chi connectivity index (χ0) is 28.2. The first-order chi connectivity index (χ1) is 18.6. The van der Waals surface area contributed by atoms with Gasteiger partial charge in [-0.15, -0.1) is 0 Å². The average Bonchev–Trinajstić information content (AvgIpc) is 3.32. The number of rotatable bonds is 9. The molecule has 0 saturated heterocycles. The summed E-state index contributed by atoms with van der Waals surface area (Å²) >= 11 is 0. The summed E-state index contributed by atoms with van der Waals surface area (Å²) in [5.41, 5.74) is 5.05. The molecule has 3 nitrogen and oxygen atoms in total. The molecule has 2 unspecified atom stereocenters. The minimum atomic E-state index is -4.37. The van der Waals surface area contributed by atoms with E-state index in [1.54, 1.807) is 24.3 Å². The lowest BCUT2D eigenvalue weighted by Gasteiger charge is -2.45. The first-order valence-electron chi connectivity index (χ1n) is 13.2. The number of hydrogen-bond acceptors (Lipinski definition) is 2. The number of aromatic nitrogens is 2. The van der Waals surface area contributed by atoms with Crippen molar-refractivity contribution in [2.24, 2.45) is 11.3 Å². The Balaban J connectivity index is 1.85.